The summed E-state index contributed by atoms with van der Waals surface area (Å²) < 4.78 is 43.5. The third-order valence-corrected chi connectivity index (χ3v) is 3.44. The van der Waals surface area contributed by atoms with Gasteiger partial charge in [0.2, 0.25) is 0 Å². The van der Waals surface area contributed by atoms with Gasteiger partial charge in [-0.25, -0.2) is 9.97 Å². The molecule has 1 saturated heterocycles. The number of halogens is 4. The van der Waals surface area contributed by atoms with Crippen LogP contribution in [-0.2, 0) is 10.9 Å². The van der Waals surface area contributed by atoms with Gasteiger partial charge in [-0.15, -0.1) is 12.4 Å². The molecule has 130 valence electrons. The minimum Gasteiger partial charge on any atom is -0.371 e. The van der Waals surface area contributed by atoms with Crippen LogP contribution in [-0.4, -0.2) is 29.7 Å². The summed E-state index contributed by atoms with van der Waals surface area (Å²) >= 11 is 0. The van der Waals surface area contributed by atoms with E-state index in [0.717, 1.165) is 31.0 Å². The monoisotopic (exact) mass is 360 g/mol. The molecule has 2 aromatic rings. The van der Waals surface area contributed by atoms with Gasteiger partial charge in [0.1, 0.15) is 17.8 Å². The summed E-state index contributed by atoms with van der Waals surface area (Å²) in [5, 5.41) is 6.08. The minimum absolute atomic E-state index is 0. The smallest absolute Gasteiger partial charge is 0.371 e. The first-order valence-corrected chi connectivity index (χ1v) is 7.11. The van der Waals surface area contributed by atoms with E-state index >= 15 is 0 Å². The molecule has 24 heavy (non-hydrogen) atoms. The number of nitrogens with zero attached hydrogens (tertiary/aromatic N) is 2. The predicted octanol–water partition coefficient (Wildman–Crippen LogP) is 3.32. The van der Waals surface area contributed by atoms with Crippen molar-refractivity contribution >= 4 is 23.9 Å². The predicted molar refractivity (Wildman–Crippen MR) is 85.6 cm³/mol. The summed E-state index contributed by atoms with van der Waals surface area (Å²) in [6.07, 6.45) is -3.61. The first kappa shape index (κ1) is 18.4. The highest BCUT2D eigenvalue weighted by Crippen LogP contribution is 2.29. The first-order valence-electron chi connectivity index (χ1n) is 7.11. The molecule has 0 spiro atoms. The fourth-order valence-electron chi connectivity index (χ4n) is 2.29. The molecular formula is C15H16ClF3N4O. The lowest BCUT2D eigenvalue weighted by atomic mass is 10.1. The molecule has 3 rings (SSSR count). The second-order valence-electron chi connectivity index (χ2n) is 5.10. The molecule has 1 aliphatic rings. The molecule has 0 saturated carbocycles. The molecule has 9 heteroatoms. The van der Waals surface area contributed by atoms with Gasteiger partial charge in [-0.3, -0.25) is 0 Å². The van der Waals surface area contributed by atoms with Crippen LogP contribution in [0.2, 0.25) is 0 Å². The maximum Gasteiger partial charge on any atom is 0.433 e. The van der Waals surface area contributed by atoms with Crippen molar-refractivity contribution in [2.45, 2.75) is 12.3 Å². The maximum absolute atomic E-state index is 12.6. The topological polar surface area (TPSA) is 59.1 Å². The summed E-state index contributed by atoms with van der Waals surface area (Å²) in [6, 6.07) is 8.20. The Bertz CT molecular complexity index is 661. The van der Waals surface area contributed by atoms with Crippen molar-refractivity contribution in [2.75, 3.05) is 25.0 Å². The number of benzene rings is 1. The van der Waals surface area contributed by atoms with Crippen LogP contribution in [0.5, 0.6) is 0 Å². The third-order valence-electron chi connectivity index (χ3n) is 3.44. The van der Waals surface area contributed by atoms with Crippen molar-refractivity contribution in [3.63, 3.8) is 0 Å². The van der Waals surface area contributed by atoms with Gasteiger partial charge in [-0.05, 0) is 17.7 Å². The van der Waals surface area contributed by atoms with Gasteiger partial charge >= 0.3 is 6.18 Å². The lowest BCUT2D eigenvalue weighted by Gasteiger charge is -2.24. The zero-order valence-corrected chi connectivity index (χ0v) is 13.3. The summed E-state index contributed by atoms with van der Waals surface area (Å²) in [5.41, 5.74) is 0.680. The number of rotatable bonds is 3. The standard InChI is InChI=1S/C15H15F3N4O.ClH/c16-15(17,18)13-7-14(21-9-20-13)22-11-3-1-10(2-4-11)12-8-19-5-6-23-12;/h1-4,7,9,12,19H,5-6,8H2,(H,20,21,22);1H/t12-;/m0./s1. The molecule has 0 unspecified atom stereocenters. The lowest BCUT2D eigenvalue weighted by molar-refractivity contribution is -0.141. The molecule has 1 aliphatic heterocycles. The molecular weight excluding hydrogens is 345 g/mol. The van der Waals surface area contributed by atoms with Crippen LogP contribution < -0.4 is 10.6 Å². The molecule has 0 aliphatic carbocycles. The summed E-state index contributed by atoms with van der Waals surface area (Å²) in [6.45, 7) is 2.24. The first-order chi connectivity index (χ1) is 11.0. The molecule has 0 radical (unpaired) electrons. The third kappa shape index (κ3) is 4.56. The van der Waals surface area contributed by atoms with Crippen molar-refractivity contribution in [2.24, 2.45) is 0 Å². The van der Waals surface area contributed by atoms with Crippen LogP contribution >= 0.6 is 12.4 Å². The fraction of sp³-hybridized carbons (Fsp3) is 0.333. The molecule has 1 fully saturated rings. The highest BCUT2D eigenvalue weighted by Gasteiger charge is 2.32. The van der Waals surface area contributed by atoms with Gasteiger partial charge < -0.3 is 15.4 Å². The molecule has 1 atom stereocenters. The van der Waals surface area contributed by atoms with Gasteiger partial charge in [-0.2, -0.15) is 13.2 Å². The van der Waals surface area contributed by atoms with E-state index in [1.807, 2.05) is 12.1 Å². The summed E-state index contributed by atoms with van der Waals surface area (Å²) in [4.78, 5) is 7.03. The maximum atomic E-state index is 12.6. The van der Waals surface area contributed by atoms with Crippen LogP contribution in [0.15, 0.2) is 36.7 Å². The zero-order chi connectivity index (χ0) is 16.3. The highest BCUT2D eigenvalue weighted by atomic mass is 35.5. The normalized spacial score (nSPS) is 17.9. The van der Waals surface area contributed by atoms with Crippen molar-refractivity contribution in [3.05, 3.63) is 47.9 Å². The average molecular weight is 361 g/mol. The Morgan fingerprint density at radius 1 is 1.17 bits per heavy atom. The Balaban J connectivity index is 0.00000208. The van der Waals surface area contributed by atoms with Crippen molar-refractivity contribution in [1.29, 1.82) is 0 Å². The van der Waals surface area contributed by atoms with E-state index in [0.29, 0.717) is 12.3 Å². The van der Waals surface area contributed by atoms with Gasteiger partial charge in [0.05, 0.1) is 12.7 Å². The van der Waals surface area contributed by atoms with E-state index in [9.17, 15) is 13.2 Å². The van der Waals surface area contributed by atoms with Gasteiger partial charge in [0, 0.05) is 24.8 Å². The van der Waals surface area contributed by atoms with E-state index in [4.69, 9.17) is 4.74 Å². The van der Waals surface area contributed by atoms with E-state index < -0.39 is 11.9 Å². The number of ether oxygens (including phenoxy) is 1. The van der Waals surface area contributed by atoms with E-state index in [-0.39, 0.29) is 24.3 Å². The van der Waals surface area contributed by atoms with Crippen molar-refractivity contribution in [3.8, 4) is 0 Å². The number of morpholine rings is 1. The Labute approximate surface area is 143 Å². The molecule has 2 N–H and O–H groups in total. The van der Waals surface area contributed by atoms with Gasteiger partial charge in [-0.1, -0.05) is 12.1 Å². The molecule has 0 bridgehead atoms. The number of hydrogen-bond acceptors (Lipinski definition) is 5. The van der Waals surface area contributed by atoms with E-state index in [1.54, 1.807) is 12.1 Å². The molecule has 2 heterocycles. The second kappa shape index (κ2) is 7.78. The Kier molecular flexibility index (Phi) is 5.98. The van der Waals surface area contributed by atoms with Crippen molar-refractivity contribution < 1.29 is 17.9 Å². The number of anilines is 2. The van der Waals surface area contributed by atoms with Crippen LogP contribution in [0.1, 0.15) is 17.4 Å². The zero-order valence-electron chi connectivity index (χ0n) is 12.5. The molecule has 1 aromatic carbocycles. The largest absolute Gasteiger partial charge is 0.433 e. The fourth-order valence-corrected chi connectivity index (χ4v) is 2.29. The Morgan fingerprint density at radius 3 is 2.54 bits per heavy atom. The Hall–Kier alpha value is -1.90. The van der Waals surface area contributed by atoms with Crippen LogP contribution in [0.25, 0.3) is 0 Å². The molecule has 1 aromatic heterocycles. The number of aromatic nitrogens is 2. The quantitative estimate of drug-likeness (QED) is 0.879. The number of nitrogens with one attached hydrogen (secondary N) is 2. The number of hydrogen-bond donors (Lipinski definition) is 2. The second-order valence-corrected chi connectivity index (χ2v) is 5.10. The van der Waals surface area contributed by atoms with Crippen LogP contribution in [0.3, 0.4) is 0 Å². The van der Waals surface area contributed by atoms with E-state index in [1.165, 1.54) is 0 Å². The number of alkyl halides is 3. The molecule has 0 amide bonds. The summed E-state index contributed by atoms with van der Waals surface area (Å²) in [5.74, 6) is 0.0932. The SMILES string of the molecule is Cl.FC(F)(F)c1cc(Nc2ccc([C@@H]3CNCCO3)cc2)ncn1. The summed E-state index contributed by atoms with van der Waals surface area (Å²) in [7, 11) is 0. The van der Waals surface area contributed by atoms with Crippen LogP contribution in [0, 0.1) is 0 Å². The lowest BCUT2D eigenvalue weighted by Crippen LogP contribution is -2.33. The van der Waals surface area contributed by atoms with E-state index in [2.05, 4.69) is 20.6 Å². The van der Waals surface area contributed by atoms with Gasteiger partial charge in [0.25, 0.3) is 0 Å². The van der Waals surface area contributed by atoms with Crippen LogP contribution in [0.4, 0.5) is 24.7 Å². The average Bonchev–Trinajstić information content (AvgIpc) is 2.56. The minimum atomic E-state index is -4.49. The highest BCUT2D eigenvalue weighted by molar-refractivity contribution is 5.85. The van der Waals surface area contributed by atoms with Gasteiger partial charge in [0.15, 0.2) is 0 Å². The Morgan fingerprint density at radius 2 is 1.92 bits per heavy atom. The van der Waals surface area contributed by atoms with Crippen molar-refractivity contribution in [1.82, 2.24) is 15.3 Å². The molecule has 5 nitrogen and oxygen atoms in total.